The number of H-pyrrole nitrogens is 1. The molecule has 4 rings (SSSR count). The summed E-state index contributed by atoms with van der Waals surface area (Å²) in [5, 5.41) is 2.57. The van der Waals surface area contributed by atoms with E-state index in [9.17, 15) is 0 Å². The fraction of sp³-hybridized carbons (Fsp3) is 0.400. The number of benzene rings is 1. The van der Waals surface area contributed by atoms with Crippen LogP contribution in [-0.4, -0.2) is 58.0 Å². The number of imidazole rings is 1. The second kappa shape index (κ2) is 7.33. The average molecular weight is 335 g/mol. The summed E-state index contributed by atoms with van der Waals surface area (Å²) in [5.74, 6) is 0.600. The maximum absolute atomic E-state index is 4.46. The molecule has 0 spiro atoms. The zero-order valence-corrected chi connectivity index (χ0v) is 14.7. The Balaban J connectivity index is 1.53. The smallest absolute Gasteiger partial charge is 0.0922 e. The molecule has 1 aromatic carbocycles. The van der Waals surface area contributed by atoms with Crippen molar-refractivity contribution in [2.75, 3.05) is 33.2 Å². The van der Waals surface area contributed by atoms with Crippen LogP contribution in [0.25, 0.3) is 10.8 Å². The van der Waals surface area contributed by atoms with Gasteiger partial charge in [0.05, 0.1) is 6.33 Å². The van der Waals surface area contributed by atoms with E-state index in [-0.39, 0.29) is 0 Å². The fourth-order valence-electron chi connectivity index (χ4n) is 3.90. The Kier molecular flexibility index (Phi) is 4.76. The van der Waals surface area contributed by atoms with Crippen LogP contribution in [0, 0.1) is 5.92 Å². The summed E-state index contributed by atoms with van der Waals surface area (Å²) in [6.45, 7) is 5.38. The quantitative estimate of drug-likeness (QED) is 0.796. The lowest BCUT2D eigenvalue weighted by molar-refractivity contribution is 0.246. The first-order chi connectivity index (χ1) is 12.3. The number of hydrogen-bond acceptors (Lipinski definition) is 4. The van der Waals surface area contributed by atoms with Gasteiger partial charge >= 0.3 is 0 Å². The van der Waals surface area contributed by atoms with Crippen LogP contribution in [0.5, 0.6) is 0 Å². The molecule has 1 fully saturated rings. The van der Waals surface area contributed by atoms with Crippen molar-refractivity contribution in [3.63, 3.8) is 0 Å². The largest absolute Gasteiger partial charge is 0.347 e. The summed E-state index contributed by atoms with van der Waals surface area (Å²) in [6, 6.07) is 8.57. The van der Waals surface area contributed by atoms with Crippen molar-refractivity contribution in [3.05, 3.63) is 60.4 Å². The van der Waals surface area contributed by atoms with Crippen molar-refractivity contribution in [2.45, 2.75) is 13.0 Å². The van der Waals surface area contributed by atoms with Crippen molar-refractivity contribution in [1.82, 2.24) is 24.8 Å². The molecule has 1 atom stereocenters. The lowest BCUT2D eigenvalue weighted by Crippen LogP contribution is -2.30. The van der Waals surface area contributed by atoms with Crippen molar-refractivity contribution < 1.29 is 0 Å². The number of nitrogens with one attached hydrogen (secondary N) is 1. The lowest BCUT2D eigenvalue weighted by Gasteiger charge is -2.24. The molecule has 1 N–H and O–H groups in total. The molecule has 0 bridgehead atoms. The highest BCUT2D eigenvalue weighted by Gasteiger charge is 2.22. The van der Waals surface area contributed by atoms with Gasteiger partial charge in [0, 0.05) is 62.4 Å². The second-order valence-corrected chi connectivity index (χ2v) is 7.16. The number of nitrogens with zero attached hydrogens (tertiary/aromatic N) is 4. The van der Waals surface area contributed by atoms with Crippen LogP contribution in [0.4, 0.5) is 0 Å². The number of aromatic amines is 1. The minimum absolute atomic E-state index is 0.600. The molecule has 2 aromatic heterocycles. The molecule has 0 amide bonds. The van der Waals surface area contributed by atoms with Gasteiger partial charge in [-0.15, -0.1) is 0 Å². The summed E-state index contributed by atoms with van der Waals surface area (Å²) in [4.78, 5) is 16.8. The first-order valence-electron chi connectivity index (χ1n) is 8.98. The van der Waals surface area contributed by atoms with Gasteiger partial charge in [-0.1, -0.05) is 24.3 Å². The maximum atomic E-state index is 4.46. The molecule has 25 heavy (non-hydrogen) atoms. The molecule has 0 saturated carbocycles. The third kappa shape index (κ3) is 3.89. The van der Waals surface area contributed by atoms with E-state index < -0.39 is 0 Å². The van der Waals surface area contributed by atoms with Crippen LogP contribution >= 0.6 is 0 Å². The summed E-state index contributed by atoms with van der Waals surface area (Å²) in [6.07, 6.45) is 8.77. The van der Waals surface area contributed by atoms with Crippen LogP contribution in [0.1, 0.15) is 11.3 Å². The Bertz CT molecular complexity index is 809. The number of rotatable bonds is 4. The van der Waals surface area contributed by atoms with Gasteiger partial charge in [0.2, 0.25) is 0 Å². The van der Waals surface area contributed by atoms with E-state index in [0.717, 1.165) is 39.1 Å². The molecule has 0 radical (unpaired) electrons. The van der Waals surface area contributed by atoms with Gasteiger partial charge in [-0.3, -0.25) is 9.88 Å². The third-order valence-corrected chi connectivity index (χ3v) is 5.09. The summed E-state index contributed by atoms with van der Waals surface area (Å²) in [7, 11) is 2.23. The normalized spacial score (nSPS) is 20.0. The molecule has 0 unspecified atom stereocenters. The molecule has 3 heterocycles. The number of pyridine rings is 1. The van der Waals surface area contributed by atoms with E-state index in [4.69, 9.17) is 0 Å². The molecule has 5 nitrogen and oxygen atoms in total. The van der Waals surface area contributed by atoms with E-state index in [1.54, 1.807) is 6.33 Å². The van der Waals surface area contributed by atoms with E-state index in [2.05, 4.69) is 56.1 Å². The van der Waals surface area contributed by atoms with Crippen molar-refractivity contribution in [2.24, 2.45) is 5.92 Å². The molecular weight excluding hydrogens is 310 g/mol. The highest BCUT2D eigenvalue weighted by molar-refractivity contribution is 5.84. The van der Waals surface area contributed by atoms with Gasteiger partial charge < -0.3 is 9.88 Å². The first kappa shape index (κ1) is 16.2. The van der Waals surface area contributed by atoms with Crippen LogP contribution in [-0.2, 0) is 13.0 Å². The van der Waals surface area contributed by atoms with Gasteiger partial charge in [-0.05, 0) is 30.3 Å². The zero-order chi connectivity index (χ0) is 17.1. The van der Waals surface area contributed by atoms with Gasteiger partial charge in [0.1, 0.15) is 0 Å². The summed E-state index contributed by atoms with van der Waals surface area (Å²) >= 11 is 0. The molecule has 1 aliphatic heterocycles. The Labute approximate surface area is 148 Å². The van der Waals surface area contributed by atoms with Crippen molar-refractivity contribution in [3.8, 4) is 0 Å². The van der Waals surface area contributed by atoms with Gasteiger partial charge in [0.25, 0.3) is 0 Å². The van der Waals surface area contributed by atoms with Crippen LogP contribution in [0.15, 0.2) is 49.2 Å². The molecule has 1 aliphatic rings. The van der Waals surface area contributed by atoms with Gasteiger partial charge in [-0.2, -0.15) is 0 Å². The highest BCUT2D eigenvalue weighted by atomic mass is 15.2. The molecule has 130 valence electrons. The van der Waals surface area contributed by atoms with Gasteiger partial charge in [-0.25, -0.2) is 4.98 Å². The Morgan fingerprint density at radius 2 is 2.00 bits per heavy atom. The summed E-state index contributed by atoms with van der Waals surface area (Å²) < 4.78 is 0. The maximum Gasteiger partial charge on any atom is 0.0922 e. The lowest BCUT2D eigenvalue weighted by atomic mass is 9.96. The van der Waals surface area contributed by atoms with Gasteiger partial charge in [0.15, 0.2) is 0 Å². The molecular formula is C20H25N5. The SMILES string of the molecule is CN1CCN(Cc2cnc[nH]2)C[C@H](Cc2cncc3ccccc23)C1. The predicted octanol–water partition coefficient (Wildman–Crippen LogP) is 2.56. The minimum atomic E-state index is 0.600. The molecule has 3 aromatic rings. The zero-order valence-electron chi connectivity index (χ0n) is 14.7. The topological polar surface area (TPSA) is 48.0 Å². The summed E-state index contributed by atoms with van der Waals surface area (Å²) in [5.41, 5.74) is 2.55. The molecule has 0 aliphatic carbocycles. The van der Waals surface area contributed by atoms with E-state index in [1.807, 2.05) is 18.6 Å². The predicted molar refractivity (Wildman–Crippen MR) is 100 cm³/mol. The van der Waals surface area contributed by atoms with Crippen LogP contribution in [0.2, 0.25) is 0 Å². The number of aromatic nitrogens is 3. The number of likely N-dealkylation sites (N-methyl/N-ethyl adjacent to an activating group) is 1. The monoisotopic (exact) mass is 335 g/mol. The van der Waals surface area contributed by atoms with Crippen molar-refractivity contribution >= 4 is 10.8 Å². The molecule has 1 saturated heterocycles. The van der Waals surface area contributed by atoms with E-state index in [0.29, 0.717) is 5.92 Å². The standard InChI is InChI=1S/C20H25N5/c1-24-6-7-25(14-19-11-22-15-23-19)13-16(12-24)8-18-10-21-9-17-4-2-3-5-20(17)18/h2-5,9-11,15-16H,6-8,12-14H2,1H3,(H,22,23)/t16-/m1/s1. The highest BCUT2D eigenvalue weighted by Crippen LogP contribution is 2.22. The third-order valence-electron chi connectivity index (χ3n) is 5.09. The Morgan fingerprint density at radius 3 is 2.88 bits per heavy atom. The number of fused-ring (bicyclic) bond motifs is 1. The fourth-order valence-corrected chi connectivity index (χ4v) is 3.90. The Morgan fingerprint density at radius 1 is 1.08 bits per heavy atom. The Hall–Kier alpha value is -2.24. The second-order valence-electron chi connectivity index (χ2n) is 7.16. The van der Waals surface area contributed by atoms with Crippen molar-refractivity contribution in [1.29, 1.82) is 0 Å². The van der Waals surface area contributed by atoms with Crippen LogP contribution in [0.3, 0.4) is 0 Å². The first-order valence-corrected chi connectivity index (χ1v) is 8.98. The minimum Gasteiger partial charge on any atom is -0.347 e. The average Bonchev–Trinajstić information content (AvgIpc) is 3.06. The van der Waals surface area contributed by atoms with Crippen LogP contribution < -0.4 is 0 Å². The van der Waals surface area contributed by atoms with E-state index in [1.165, 1.54) is 22.0 Å². The van der Waals surface area contributed by atoms with E-state index >= 15 is 0 Å². The number of hydrogen-bond donors (Lipinski definition) is 1. The molecule has 5 heteroatoms.